The zero-order valence-corrected chi connectivity index (χ0v) is 86.5. The second-order valence-corrected chi connectivity index (χ2v) is 40.8. The van der Waals surface area contributed by atoms with Gasteiger partial charge in [0, 0.05) is 117 Å². The Balaban J connectivity index is 0.000000161. The highest BCUT2D eigenvalue weighted by molar-refractivity contribution is 8.00. The van der Waals surface area contributed by atoms with Gasteiger partial charge in [0.05, 0.1) is 42.3 Å². The number of halogens is 1. The van der Waals surface area contributed by atoms with Gasteiger partial charge in [0.1, 0.15) is 91.1 Å². The predicted octanol–water partition coefficient (Wildman–Crippen LogP) is 10.5. The van der Waals surface area contributed by atoms with E-state index in [0.717, 1.165) is 125 Å². The van der Waals surface area contributed by atoms with Gasteiger partial charge in [0.15, 0.2) is 0 Å². The van der Waals surface area contributed by atoms with Gasteiger partial charge in [-0.15, -0.1) is 32.2 Å². The number of carbonyl (C=O) groups excluding carboxylic acids is 12. The quantitative estimate of drug-likeness (QED) is 0.0178. The largest absolute Gasteiger partial charge is 0.372 e. The SMILES string of the molecule is CN[C@@H](C)C(=O)N[C@@H](CSC)C(=O)N1CCC[C@H]1C(=O)Nc1snnc1-c1ccccc1.CN[C@@H](C)C(=O)N[C@H](C(=O)N1CCC[C@H]1C(=O)Nc1snnc1-c1ccccc1)c1ccccc1Cl.CN[C@@H](C)C(=O)N[C@H](C(=O)N1C[C@H](OCc2ccccc2)C[C@H]1C(=O)Nc1snnc1-c1ccccc1)C1CCCCC1.CN[C@@H](C)C(=O)N[C@H]1CCC[C@H]2SC[C@@H](C(=O)Nc3snnc3-c3ccccc3)N2C1=O. The summed E-state index contributed by atoms with van der Waals surface area (Å²) in [6.07, 6.45) is 11.4. The third-order valence-electron chi connectivity index (χ3n) is 25.8. The topological polar surface area (TPSA) is 475 Å². The molecule has 6 fully saturated rings. The molecule has 10 aromatic rings. The van der Waals surface area contributed by atoms with E-state index in [-0.39, 0.29) is 94.8 Å². The first-order chi connectivity index (χ1) is 69.3. The van der Waals surface area contributed by atoms with Gasteiger partial charge in [-0.3, -0.25) is 57.5 Å². The number of ether oxygens (including phenoxy) is 1. The van der Waals surface area contributed by atoms with Gasteiger partial charge >= 0.3 is 0 Å². The van der Waals surface area contributed by atoms with Crippen LogP contribution in [0.25, 0.3) is 45.0 Å². The van der Waals surface area contributed by atoms with E-state index in [4.69, 9.17) is 16.3 Å². The fraction of sp³-hybridized carbons (Fsp3) is 0.434. The smallest absolute Gasteiger partial charge is 0.250 e. The van der Waals surface area contributed by atoms with Gasteiger partial charge in [-0.05, 0) is 137 Å². The summed E-state index contributed by atoms with van der Waals surface area (Å²) in [4.78, 5) is 165. The fourth-order valence-electron chi connectivity index (χ4n) is 17.4. The Morgan fingerprint density at radius 2 is 0.853 bits per heavy atom. The number of likely N-dealkylation sites (tertiary alicyclic amines) is 3. The van der Waals surface area contributed by atoms with E-state index in [9.17, 15) is 57.5 Å². The number of anilines is 4. The van der Waals surface area contributed by atoms with Crippen LogP contribution in [0.3, 0.4) is 0 Å². The van der Waals surface area contributed by atoms with Gasteiger partial charge in [-0.2, -0.15) is 11.8 Å². The van der Waals surface area contributed by atoms with Crippen molar-refractivity contribution in [2.75, 3.05) is 86.9 Å². The molecule has 143 heavy (non-hydrogen) atoms. The number of fused-ring (bicyclic) bond motifs is 1. The fourth-order valence-corrected chi connectivity index (χ4v) is 22.1. The van der Waals surface area contributed by atoms with Crippen LogP contribution in [-0.4, -0.2) is 272 Å². The lowest BCUT2D eigenvalue weighted by Crippen LogP contribution is -2.57. The number of nitrogens with one attached hydrogen (secondary N) is 12. The first-order valence-electron chi connectivity index (χ1n) is 47.7. The van der Waals surface area contributed by atoms with E-state index in [2.05, 4.69) is 102 Å². The molecule has 12 N–H and O–H groups in total. The number of hydrogen-bond acceptors (Lipinski definition) is 31. The molecule has 6 aromatic carbocycles. The molecule has 758 valence electrons. The van der Waals surface area contributed by atoms with Crippen molar-refractivity contribution in [3.8, 4) is 45.0 Å². The van der Waals surface area contributed by atoms with Crippen LogP contribution in [0.5, 0.6) is 0 Å². The number of nitrogens with zero attached hydrogens (tertiary/aromatic N) is 12. The van der Waals surface area contributed by atoms with Crippen LogP contribution in [0.4, 0.5) is 20.0 Å². The summed E-state index contributed by atoms with van der Waals surface area (Å²) < 4.78 is 22.3. The lowest BCUT2D eigenvalue weighted by molar-refractivity contribution is -0.142. The van der Waals surface area contributed by atoms with E-state index in [1.54, 1.807) is 107 Å². The van der Waals surface area contributed by atoms with Gasteiger partial charge in [-0.25, -0.2) is 0 Å². The third kappa shape index (κ3) is 28.4. The molecule has 1 aliphatic carbocycles. The Morgan fingerprint density at radius 1 is 0.441 bits per heavy atom. The van der Waals surface area contributed by atoms with Crippen LogP contribution in [0, 0.1) is 5.92 Å². The minimum absolute atomic E-state index is 0.0117. The maximum absolute atomic E-state index is 14.3. The number of aromatic nitrogens is 8. The van der Waals surface area contributed by atoms with Gasteiger partial charge in [0.2, 0.25) is 65.0 Å². The minimum Gasteiger partial charge on any atom is -0.372 e. The molecule has 37 nitrogen and oxygen atoms in total. The van der Waals surface area contributed by atoms with Crippen LogP contribution < -0.4 is 63.8 Å². The molecule has 6 aliphatic rings. The van der Waals surface area contributed by atoms with Crippen molar-refractivity contribution in [1.82, 2.24) is 100 Å². The number of benzene rings is 6. The average Bonchev–Trinajstić information content (AvgIpc) is 1.65. The summed E-state index contributed by atoms with van der Waals surface area (Å²) in [6.45, 7) is 8.45. The molecule has 16 rings (SSSR count). The molecule has 44 heteroatoms. The molecule has 12 amide bonds. The zero-order valence-electron chi connectivity index (χ0n) is 80.8. The number of carbonyl (C=O) groups is 12. The highest BCUT2D eigenvalue weighted by atomic mass is 35.5. The Morgan fingerprint density at radius 3 is 1.31 bits per heavy atom. The maximum atomic E-state index is 14.3. The van der Waals surface area contributed by atoms with Gasteiger partial charge < -0.3 is 88.1 Å². The molecule has 5 aliphatic heterocycles. The van der Waals surface area contributed by atoms with Crippen LogP contribution in [-0.2, 0) is 68.9 Å². The number of amides is 12. The monoisotopic (exact) mass is 2080 g/mol. The van der Waals surface area contributed by atoms with E-state index >= 15 is 0 Å². The molecule has 0 radical (unpaired) electrons. The average molecular weight is 2080 g/mol. The van der Waals surface area contributed by atoms with Crippen molar-refractivity contribution in [2.45, 2.75) is 202 Å². The maximum Gasteiger partial charge on any atom is 0.250 e. The lowest BCUT2D eigenvalue weighted by atomic mass is 9.83. The molecule has 5 saturated heterocycles. The second kappa shape index (κ2) is 53.5. The Kier molecular flexibility index (Phi) is 40.5. The Bertz CT molecular complexity index is 5920. The first kappa shape index (κ1) is 108. The normalized spacial score (nSPS) is 19.7. The molecule has 14 atom stereocenters. The third-order valence-corrected chi connectivity index (χ3v) is 30.8. The van der Waals surface area contributed by atoms with Crippen LogP contribution in [0.1, 0.15) is 128 Å². The molecule has 0 unspecified atom stereocenters. The molecule has 0 spiro atoms. The number of thioether (sulfide) groups is 2. The zero-order chi connectivity index (χ0) is 102. The van der Waals surface area contributed by atoms with Crippen LogP contribution in [0.15, 0.2) is 176 Å². The number of hydrogen-bond donors (Lipinski definition) is 12. The molecule has 1 saturated carbocycles. The number of rotatable bonds is 34. The van der Waals surface area contributed by atoms with Gasteiger partial charge in [0.25, 0.3) is 5.91 Å². The highest BCUT2D eigenvalue weighted by Gasteiger charge is 2.49. The van der Waals surface area contributed by atoms with Crippen molar-refractivity contribution in [3.05, 3.63) is 192 Å². The molecule has 9 heterocycles. The summed E-state index contributed by atoms with van der Waals surface area (Å²) in [5.41, 5.74) is 7.27. The second-order valence-electron chi connectivity index (χ2n) is 35.2. The summed E-state index contributed by atoms with van der Waals surface area (Å²) >= 11 is 13.9. The Labute approximate surface area is 860 Å². The molecule has 4 aromatic heterocycles. The summed E-state index contributed by atoms with van der Waals surface area (Å²) in [7, 11) is 6.77. The van der Waals surface area contributed by atoms with E-state index in [1.807, 2.05) is 158 Å². The van der Waals surface area contributed by atoms with Crippen molar-refractivity contribution in [1.29, 1.82) is 0 Å². The Hall–Kier alpha value is -12.0. The van der Waals surface area contributed by atoms with E-state index in [0.29, 0.717) is 117 Å². The van der Waals surface area contributed by atoms with Crippen molar-refractivity contribution >= 4 is 172 Å². The predicted molar refractivity (Wildman–Crippen MR) is 558 cm³/mol. The van der Waals surface area contributed by atoms with E-state index in [1.165, 1.54) is 16.7 Å². The summed E-state index contributed by atoms with van der Waals surface area (Å²) in [5, 5.41) is 54.0. The highest BCUT2D eigenvalue weighted by Crippen LogP contribution is 2.41. The standard InChI is InChI=1S/C32H40N6O4S.C25H27ClN6O3S.C21H26N6O3S2.C21H28N6O3S2/c1-21(33-2)29(39)34-28(24-16-10-5-11-17-24)32(41)38-19-25(42-20-22-12-6-3-7-13-22)18-26(38)30(40)35-31-27(36-37-43-31)23-14-8-4-9-15-23;1-15(27-2)22(33)28-21(17-11-6-7-12-18(17)26)25(35)32-14-8-13-19(32)23(34)29-24-20(30-31-36-24)16-9-4-3-5-10-16;1-12(22-2)18(28)23-14-9-6-10-16-27(21(14)30)15(11-31-16)19(29)24-20-17(25-26-32-20)13-7-4-3-5-8-13;1-13(22-2)18(28)23-15(12-31-3)21(30)27-11-7-10-16(27)19(29)24-20-17(25-26-32-20)14-8-5-4-6-9-14/h3-4,6-9,12-15,21,24-26,28,33H,5,10-11,16-20H2,1-2H3,(H,34,39)(H,35,40);3-7,9-12,15,19,21,27H,8,13-14H2,1-2H3,(H,28,33)(H,29,34);3-5,7-8,12,14-16,22H,6,9-11H2,1-2H3,(H,23,28)(H,24,29);4-6,8-9,13,15-16,22H,7,10-12H2,1-3H3,(H,23,28)(H,24,29)/t21-,25+,26-,28-;15-,19-,21-;12-,14-,15-,16+;13-,15-,16-/m0000/s1. The number of likely N-dealkylation sites (N-methyl/N-ethyl adjacent to an activating group) is 4. The molecular weight excluding hydrogens is 1960 g/mol. The molecular formula is C99H121ClN24O13S6. The molecule has 0 bridgehead atoms. The summed E-state index contributed by atoms with van der Waals surface area (Å²) in [6, 6.07) is 47.2. The van der Waals surface area contributed by atoms with Crippen LogP contribution >= 0.6 is 81.3 Å². The summed E-state index contributed by atoms with van der Waals surface area (Å²) in [5.74, 6) is -2.30. The van der Waals surface area contributed by atoms with Gasteiger partial charge in [-0.1, -0.05) is 219 Å². The lowest BCUT2D eigenvalue weighted by Gasteiger charge is -2.35. The van der Waals surface area contributed by atoms with Crippen molar-refractivity contribution < 1.29 is 62.3 Å². The van der Waals surface area contributed by atoms with Crippen LogP contribution in [0.2, 0.25) is 5.02 Å². The van der Waals surface area contributed by atoms with Crippen molar-refractivity contribution in [3.63, 3.8) is 0 Å². The minimum atomic E-state index is -1.03. The first-order valence-corrected chi connectivity index (χ1v) is 53.6. The van der Waals surface area contributed by atoms with E-state index < -0.39 is 72.5 Å². The van der Waals surface area contributed by atoms with Crippen molar-refractivity contribution in [2.24, 2.45) is 5.92 Å².